The Labute approximate surface area is 135 Å². The lowest BCUT2D eigenvalue weighted by Crippen LogP contribution is -2.36. The van der Waals surface area contributed by atoms with Crippen LogP contribution in [0.15, 0.2) is 46.0 Å². The van der Waals surface area contributed by atoms with Crippen molar-refractivity contribution in [3.05, 3.63) is 52.2 Å². The fourth-order valence-electron chi connectivity index (χ4n) is 2.43. The summed E-state index contributed by atoms with van der Waals surface area (Å²) >= 11 is 1.65. The van der Waals surface area contributed by atoms with Crippen LogP contribution in [0.4, 0.5) is 0 Å². The minimum atomic E-state index is -3.21. The van der Waals surface area contributed by atoms with E-state index < -0.39 is 15.4 Å². The summed E-state index contributed by atoms with van der Waals surface area (Å²) in [4.78, 5) is 2.31. The molecule has 22 heavy (non-hydrogen) atoms. The van der Waals surface area contributed by atoms with Crippen molar-refractivity contribution in [2.45, 2.75) is 24.0 Å². The molecule has 1 aromatic heterocycles. The molecule has 1 aromatic carbocycles. The third-order valence-corrected chi connectivity index (χ3v) is 5.38. The highest BCUT2D eigenvalue weighted by atomic mass is 32.2. The van der Waals surface area contributed by atoms with E-state index in [2.05, 4.69) is 11.4 Å². The normalized spacial score (nSPS) is 15.0. The van der Waals surface area contributed by atoms with E-state index in [4.69, 9.17) is 0 Å². The lowest BCUT2D eigenvalue weighted by molar-refractivity contribution is 0.0214. The zero-order valence-electron chi connectivity index (χ0n) is 13.0. The molecule has 1 heterocycles. The molecule has 0 fully saturated rings. The van der Waals surface area contributed by atoms with Gasteiger partial charge in [-0.1, -0.05) is 12.1 Å². The van der Waals surface area contributed by atoms with Gasteiger partial charge in [0.1, 0.15) is 0 Å². The molecule has 1 atom stereocenters. The monoisotopic (exact) mass is 339 g/mol. The Morgan fingerprint density at radius 2 is 1.86 bits per heavy atom. The molecule has 0 amide bonds. The van der Waals surface area contributed by atoms with Gasteiger partial charge in [-0.3, -0.25) is 4.90 Å². The SMILES string of the molecule is CN(Cc1ccsc1)C[C@](C)(O)c1ccc(S(C)(=O)=O)cc1. The number of aliphatic hydroxyl groups is 1. The molecule has 4 nitrogen and oxygen atoms in total. The molecule has 0 aliphatic heterocycles. The van der Waals surface area contributed by atoms with Gasteiger partial charge in [-0.05, 0) is 54.1 Å². The smallest absolute Gasteiger partial charge is 0.175 e. The number of nitrogens with zero attached hydrogens (tertiary/aromatic N) is 1. The predicted molar refractivity (Wildman–Crippen MR) is 89.8 cm³/mol. The van der Waals surface area contributed by atoms with E-state index in [1.807, 2.05) is 17.3 Å². The molecular weight excluding hydrogens is 318 g/mol. The van der Waals surface area contributed by atoms with Crippen molar-refractivity contribution in [2.24, 2.45) is 0 Å². The molecule has 0 aliphatic rings. The molecule has 0 unspecified atom stereocenters. The van der Waals surface area contributed by atoms with Crippen LogP contribution in [0.25, 0.3) is 0 Å². The summed E-state index contributed by atoms with van der Waals surface area (Å²) < 4.78 is 23.0. The summed E-state index contributed by atoms with van der Waals surface area (Å²) in [7, 11) is -1.26. The number of thiophene rings is 1. The lowest BCUT2D eigenvalue weighted by Gasteiger charge is -2.29. The van der Waals surface area contributed by atoms with Gasteiger partial charge < -0.3 is 5.11 Å². The maximum Gasteiger partial charge on any atom is 0.175 e. The van der Waals surface area contributed by atoms with E-state index in [0.29, 0.717) is 12.1 Å². The minimum absolute atomic E-state index is 0.263. The summed E-state index contributed by atoms with van der Waals surface area (Å²) in [6, 6.07) is 8.50. The van der Waals surface area contributed by atoms with Crippen LogP contribution in [0.5, 0.6) is 0 Å². The van der Waals surface area contributed by atoms with Crippen molar-refractivity contribution in [3.63, 3.8) is 0 Å². The van der Waals surface area contributed by atoms with Crippen LogP contribution in [0.1, 0.15) is 18.1 Å². The van der Waals surface area contributed by atoms with Crippen molar-refractivity contribution >= 4 is 21.2 Å². The minimum Gasteiger partial charge on any atom is -0.384 e. The van der Waals surface area contributed by atoms with Gasteiger partial charge in [0, 0.05) is 19.3 Å². The highest BCUT2D eigenvalue weighted by Gasteiger charge is 2.25. The lowest BCUT2D eigenvalue weighted by atomic mass is 9.95. The van der Waals surface area contributed by atoms with Gasteiger partial charge >= 0.3 is 0 Å². The van der Waals surface area contributed by atoms with Gasteiger partial charge in [0.15, 0.2) is 9.84 Å². The number of hydrogen-bond donors (Lipinski definition) is 1. The van der Waals surface area contributed by atoms with Gasteiger partial charge in [-0.15, -0.1) is 0 Å². The highest BCUT2D eigenvalue weighted by molar-refractivity contribution is 7.90. The molecular formula is C16H21NO3S2. The first-order valence-electron chi connectivity index (χ1n) is 6.91. The first-order valence-corrected chi connectivity index (χ1v) is 9.74. The molecule has 2 rings (SSSR count). The Hall–Kier alpha value is -1.21. The van der Waals surface area contributed by atoms with Crippen LogP contribution in [0.3, 0.4) is 0 Å². The standard InChI is InChI=1S/C16H21NO3S2/c1-16(18,12-17(2)10-13-8-9-21-11-13)14-4-6-15(7-5-14)22(3,19)20/h4-9,11,18H,10,12H2,1-3H3/t16-/m0/s1. The van der Waals surface area contributed by atoms with Crippen LogP contribution in [0.2, 0.25) is 0 Å². The third-order valence-electron chi connectivity index (χ3n) is 3.51. The summed E-state index contributed by atoms with van der Waals surface area (Å²) in [5.74, 6) is 0. The summed E-state index contributed by atoms with van der Waals surface area (Å²) in [6.45, 7) is 2.97. The van der Waals surface area contributed by atoms with Crippen molar-refractivity contribution in [1.82, 2.24) is 4.90 Å². The van der Waals surface area contributed by atoms with Gasteiger partial charge in [0.25, 0.3) is 0 Å². The Balaban J connectivity index is 2.09. The fraction of sp³-hybridized carbons (Fsp3) is 0.375. The van der Waals surface area contributed by atoms with Crippen LogP contribution in [0, 0.1) is 0 Å². The second kappa shape index (κ2) is 6.50. The number of benzene rings is 1. The second-order valence-electron chi connectivity index (χ2n) is 5.87. The summed E-state index contributed by atoms with van der Waals surface area (Å²) in [6.07, 6.45) is 1.18. The number of rotatable bonds is 6. The van der Waals surface area contributed by atoms with Gasteiger partial charge in [-0.2, -0.15) is 11.3 Å². The molecule has 1 N–H and O–H groups in total. The van der Waals surface area contributed by atoms with Crippen LogP contribution >= 0.6 is 11.3 Å². The number of sulfone groups is 1. The van der Waals surface area contributed by atoms with E-state index in [0.717, 1.165) is 6.54 Å². The topological polar surface area (TPSA) is 57.6 Å². The Bertz CT molecular complexity index is 704. The number of hydrogen-bond acceptors (Lipinski definition) is 5. The molecule has 0 aliphatic carbocycles. The molecule has 120 valence electrons. The molecule has 0 saturated carbocycles. The van der Waals surface area contributed by atoms with Crippen molar-refractivity contribution < 1.29 is 13.5 Å². The van der Waals surface area contributed by atoms with E-state index in [9.17, 15) is 13.5 Å². The maximum absolute atomic E-state index is 11.5. The third kappa shape index (κ3) is 4.39. The molecule has 0 saturated heterocycles. The zero-order chi connectivity index (χ0) is 16.4. The maximum atomic E-state index is 11.5. The van der Waals surface area contributed by atoms with Crippen LogP contribution in [-0.4, -0.2) is 38.3 Å². The predicted octanol–water partition coefficient (Wildman–Crippen LogP) is 2.49. The molecule has 2 aromatic rings. The van der Waals surface area contributed by atoms with E-state index >= 15 is 0 Å². The summed E-state index contributed by atoms with van der Waals surface area (Å²) in [5.41, 5.74) is 0.883. The quantitative estimate of drug-likeness (QED) is 0.878. The zero-order valence-corrected chi connectivity index (χ0v) is 14.6. The average Bonchev–Trinajstić information content (AvgIpc) is 2.90. The van der Waals surface area contributed by atoms with Gasteiger partial charge in [0.2, 0.25) is 0 Å². The molecule has 0 radical (unpaired) electrons. The van der Waals surface area contributed by atoms with Crippen LogP contribution < -0.4 is 0 Å². The van der Waals surface area contributed by atoms with Crippen LogP contribution in [-0.2, 0) is 22.0 Å². The molecule has 0 spiro atoms. The van der Waals surface area contributed by atoms with E-state index in [1.165, 1.54) is 24.0 Å². The molecule has 0 bridgehead atoms. The highest BCUT2D eigenvalue weighted by Crippen LogP contribution is 2.24. The van der Waals surface area contributed by atoms with Crippen molar-refractivity contribution in [3.8, 4) is 0 Å². The fourth-order valence-corrected chi connectivity index (χ4v) is 3.72. The second-order valence-corrected chi connectivity index (χ2v) is 8.67. The average molecular weight is 339 g/mol. The Morgan fingerprint density at radius 1 is 1.23 bits per heavy atom. The van der Waals surface area contributed by atoms with E-state index in [1.54, 1.807) is 30.4 Å². The Morgan fingerprint density at radius 3 is 2.36 bits per heavy atom. The van der Waals surface area contributed by atoms with Crippen molar-refractivity contribution in [1.29, 1.82) is 0 Å². The first kappa shape index (κ1) is 17.1. The van der Waals surface area contributed by atoms with Crippen molar-refractivity contribution in [2.75, 3.05) is 19.8 Å². The number of likely N-dealkylation sites (N-methyl/N-ethyl adjacent to an activating group) is 1. The van der Waals surface area contributed by atoms with E-state index in [-0.39, 0.29) is 4.90 Å². The summed E-state index contributed by atoms with van der Waals surface area (Å²) in [5, 5.41) is 14.8. The van der Waals surface area contributed by atoms with Gasteiger partial charge in [-0.25, -0.2) is 8.42 Å². The largest absolute Gasteiger partial charge is 0.384 e. The first-order chi connectivity index (χ1) is 10.2. The Kier molecular flexibility index (Phi) is 5.07. The molecule has 6 heteroatoms. The van der Waals surface area contributed by atoms with Gasteiger partial charge in [0.05, 0.1) is 10.5 Å².